The SMILES string of the molecule is C(=Nn1nnnc1Nc1ccccc1)c1ccncc1. The van der Waals surface area contributed by atoms with Crippen LogP contribution in [0.4, 0.5) is 11.6 Å². The number of pyridine rings is 1. The molecule has 20 heavy (non-hydrogen) atoms. The van der Waals surface area contributed by atoms with E-state index in [9.17, 15) is 0 Å². The van der Waals surface area contributed by atoms with Crippen LogP contribution in [-0.4, -0.2) is 31.5 Å². The maximum atomic E-state index is 4.20. The predicted octanol–water partition coefficient (Wildman–Crippen LogP) is 1.69. The van der Waals surface area contributed by atoms with E-state index in [0.29, 0.717) is 5.95 Å². The van der Waals surface area contributed by atoms with Gasteiger partial charge < -0.3 is 5.32 Å². The van der Waals surface area contributed by atoms with E-state index in [-0.39, 0.29) is 0 Å². The summed E-state index contributed by atoms with van der Waals surface area (Å²) in [5.41, 5.74) is 1.81. The van der Waals surface area contributed by atoms with Crippen molar-refractivity contribution in [3.05, 3.63) is 60.4 Å². The highest BCUT2D eigenvalue weighted by Gasteiger charge is 2.04. The van der Waals surface area contributed by atoms with Gasteiger partial charge in [-0.2, -0.15) is 5.10 Å². The highest BCUT2D eigenvalue weighted by atomic mass is 15.7. The van der Waals surface area contributed by atoms with E-state index < -0.39 is 0 Å². The first-order valence-electron chi connectivity index (χ1n) is 5.97. The van der Waals surface area contributed by atoms with Gasteiger partial charge in [0, 0.05) is 18.1 Å². The van der Waals surface area contributed by atoms with Crippen molar-refractivity contribution in [1.82, 2.24) is 25.3 Å². The summed E-state index contributed by atoms with van der Waals surface area (Å²) in [5.74, 6) is 0.446. The van der Waals surface area contributed by atoms with Crippen LogP contribution in [0, 0.1) is 0 Å². The number of aromatic nitrogens is 5. The van der Waals surface area contributed by atoms with Gasteiger partial charge in [0.2, 0.25) is 0 Å². The van der Waals surface area contributed by atoms with E-state index in [1.165, 1.54) is 4.79 Å². The highest BCUT2D eigenvalue weighted by Crippen LogP contribution is 2.11. The lowest BCUT2D eigenvalue weighted by Gasteiger charge is -2.02. The van der Waals surface area contributed by atoms with Crippen molar-refractivity contribution in [2.45, 2.75) is 0 Å². The number of tetrazole rings is 1. The molecule has 1 aromatic carbocycles. The first-order chi connectivity index (χ1) is 9.92. The molecule has 0 fully saturated rings. The smallest absolute Gasteiger partial charge is 0.269 e. The van der Waals surface area contributed by atoms with Crippen LogP contribution in [0.25, 0.3) is 0 Å². The number of rotatable bonds is 4. The molecular formula is C13H11N7. The molecule has 3 rings (SSSR count). The second-order valence-electron chi connectivity index (χ2n) is 3.91. The maximum Gasteiger partial charge on any atom is 0.269 e. The Labute approximate surface area is 115 Å². The van der Waals surface area contributed by atoms with Crippen LogP contribution >= 0.6 is 0 Å². The Hall–Kier alpha value is -3.09. The second kappa shape index (κ2) is 5.70. The molecule has 0 spiro atoms. The van der Waals surface area contributed by atoms with Gasteiger partial charge in [-0.1, -0.05) is 28.1 Å². The fourth-order valence-corrected chi connectivity index (χ4v) is 1.56. The summed E-state index contributed by atoms with van der Waals surface area (Å²) in [6.45, 7) is 0. The molecule has 2 aromatic heterocycles. The quantitative estimate of drug-likeness (QED) is 0.726. The van der Waals surface area contributed by atoms with Gasteiger partial charge in [-0.05, 0) is 40.3 Å². The van der Waals surface area contributed by atoms with Crippen LogP contribution < -0.4 is 5.32 Å². The van der Waals surface area contributed by atoms with Gasteiger partial charge in [0.1, 0.15) is 0 Å². The molecule has 7 heteroatoms. The zero-order valence-corrected chi connectivity index (χ0v) is 10.5. The monoisotopic (exact) mass is 265 g/mol. The summed E-state index contributed by atoms with van der Waals surface area (Å²) in [6.07, 6.45) is 5.06. The summed E-state index contributed by atoms with van der Waals surface area (Å²) in [6, 6.07) is 13.3. The third-order valence-electron chi connectivity index (χ3n) is 2.51. The minimum atomic E-state index is 0.446. The molecule has 0 saturated carbocycles. The van der Waals surface area contributed by atoms with Crippen molar-refractivity contribution in [2.75, 3.05) is 5.32 Å². The van der Waals surface area contributed by atoms with Gasteiger partial charge in [-0.25, -0.2) is 0 Å². The van der Waals surface area contributed by atoms with E-state index in [1.807, 2.05) is 42.5 Å². The molecule has 1 N–H and O–H groups in total. The van der Waals surface area contributed by atoms with Crippen LogP contribution in [0.3, 0.4) is 0 Å². The molecule has 0 aliphatic carbocycles. The lowest BCUT2D eigenvalue weighted by Crippen LogP contribution is -2.01. The van der Waals surface area contributed by atoms with Gasteiger partial charge in [0.15, 0.2) is 0 Å². The number of benzene rings is 1. The fourth-order valence-electron chi connectivity index (χ4n) is 1.56. The summed E-state index contributed by atoms with van der Waals surface area (Å²) < 4.78 is 0. The van der Waals surface area contributed by atoms with Gasteiger partial charge in [0.25, 0.3) is 5.95 Å². The minimum absolute atomic E-state index is 0.446. The largest absolute Gasteiger partial charge is 0.321 e. The number of nitrogens with zero attached hydrogens (tertiary/aromatic N) is 6. The highest BCUT2D eigenvalue weighted by molar-refractivity contribution is 5.79. The lowest BCUT2D eigenvalue weighted by molar-refractivity contribution is 0.699. The van der Waals surface area contributed by atoms with Crippen molar-refractivity contribution in [3.8, 4) is 0 Å². The minimum Gasteiger partial charge on any atom is -0.321 e. The lowest BCUT2D eigenvalue weighted by atomic mass is 10.3. The zero-order chi connectivity index (χ0) is 13.6. The van der Waals surface area contributed by atoms with Gasteiger partial charge >= 0.3 is 0 Å². The predicted molar refractivity (Wildman–Crippen MR) is 74.8 cm³/mol. The van der Waals surface area contributed by atoms with Crippen LogP contribution in [0.1, 0.15) is 5.56 Å². The summed E-state index contributed by atoms with van der Waals surface area (Å²) in [7, 11) is 0. The second-order valence-corrected chi connectivity index (χ2v) is 3.91. The Morgan fingerprint density at radius 2 is 1.85 bits per heavy atom. The third-order valence-corrected chi connectivity index (χ3v) is 2.51. The molecule has 0 bridgehead atoms. The molecular weight excluding hydrogens is 254 g/mol. The van der Waals surface area contributed by atoms with Crippen LogP contribution in [0.2, 0.25) is 0 Å². The summed E-state index contributed by atoms with van der Waals surface area (Å²) in [4.78, 5) is 5.27. The van der Waals surface area contributed by atoms with E-state index in [0.717, 1.165) is 11.3 Å². The third kappa shape index (κ3) is 2.83. The normalized spacial score (nSPS) is 10.8. The Morgan fingerprint density at radius 1 is 1.05 bits per heavy atom. The first-order valence-corrected chi connectivity index (χ1v) is 5.97. The van der Waals surface area contributed by atoms with Crippen molar-refractivity contribution in [2.24, 2.45) is 5.10 Å². The van der Waals surface area contributed by atoms with Crippen molar-refractivity contribution >= 4 is 17.9 Å². The van der Waals surface area contributed by atoms with Crippen LogP contribution in [0.5, 0.6) is 0 Å². The van der Waals surface area contributed by atoms with Crippen molar-refractivity contribution < 1.29 is 0 Å². The van der Waals surface area contributed by atoms with Gasteiger partial charge in [0.05, 0.1) is 6.21 Å². The molecule has 3 aromatic rings. The van der Waals surface area contributed by atoms with Crippen molar-refractivity contribution in [3.63, 3.8) is 0 Å². The topological polar surface area (TPSA) is 80.9 Å². The van der Waals surface area contributed by atoms with E-state index in [2.05, 4.69) is 30.9 Å². The molecule has 2 heterocycles. The van der Waals surface area contributed by atoms with Crippen LogP contribution in [0.15, 0.2) is 60.0 Å². The Kier molecular flexibility index (Phi) is 3.41. The van der Waals surface area contributed by atoms with E-state index in [1.54, 1.807) is 18.6 Å². The molecule has 0 saturated heterocycles. The average molecular weight is 265 g/mol. The Balaban J connectivity index is 1.79. The average Bonchev–Trinajstić information content (AvgIpc) is 2.94. The molecule has 0 aliphatic rings. The molecule has 98 valence electrons. The van der Waals surface area contributed by atoms with Gasteiger partial charge in [-0.15, -0.1) is 0 Å². The number of para-hydroxylation sites is 1. The number of nitrogens with one attached hydrogen (secondary N) is 1. The maximum absolute atomic E-state index is 4.20. The first kappa shape index (κ1) is 12.0. The van der Waals surface area contributed by atoms with Crippen molar-refractivity contribution in [1.29, 1.82) is 0 Å². The van der Waals surface area contributed by atoms with Gasteiger partial charge in [-0.3, -0.25) is 4.98 Å². The number of anilines is 2. The fraction of sp³-hybridized carbons (Fsp3) is 0. The number of hydrogen-bond acceptors (Lipinski definition) is 6. The molecule has 0 atom stereocenters. The summed E-state index contributed by atoms with van der Waals surface area (Å²) in [5, 5.41) is 18.6. The zero-order valence-electron chi connectivity index (χ0n) is 10.5. The molecule has 0 aliphatic heterocycles. The Morgan fingerprint density at radius 3 is 2.65 bits per heavy atom. The van der Waals surface area contributed by atoms with E-state index in [4.69, 9.17) is 0 Å². The standard InChI is InChI=1S/C13H11N7/c1-2-4-12(5-3-1)16-13-17-18-19-20(13)15-10-11-6-8-14-9-7-11/h1-10H,(H,16,17,19). The molecule has 0 unspecified atom stereocenters. The molecule has 0 radical (unpaired) electrons. The Bertz CT molecular complexity index is 691. The van der Waals surface area contributed by atoms with Crippen LogP contribution in [-0.2, 0) is 0 Å². The summed E-state index contributed by atoms with van der Waals surface area (Å²) >= 11 is 0. The van der Waals surface area contributed by atoms with E-state index >= 15 is 0 Å². The number of hydrogen-bond donors (Lipinski definition) is 1. The molecule has 0 amide bonds. The molecule has 7 nitrogen and oxygen atoms in total.